The lowest BCUT2D eigenvalue weighted by molar-refractivity contribution is -0.133. The second kappa shape index (κ2) is 8.37. The van der Waals surface area contributed by atoms with E-state index in [1.807, 2.05) is 0 Å². The average Bonchev–Trinajstić information content (AvgIpc) is 2.79. The molecule has 0 spiro atoms. The number of halogens is 2. The van der Waals surface area contributed by atoms with E-state index >= 15 is 0 Å². The number of aliphatic hydroxyl groups is 1. The van der Waals surface area contributed by atoms with Gasteiger partial charge in [0, 0.05) is 19.2 Å². The maximum Gasteiger partial charge on any atom is 0.261 e. The first kappa shape index (κ1) is 15.3. The van der Waals surface area contributed by atoms with Crippen LogP contribution in [-0.2, 0) is 9.53 Å². The van der Waals surface area contributed by atoms with Gasteiger partial charge in [-0.3, -0.25) is 4.79 Å². The molecule has 1 aliphatic heterocycles. The molecule has 0 radical (unpaired) electrons. The number of alkyl halides is 2. The van der Waals surface area contributed by atoms with E-state index < -0.39 is 13.0 Å². The zero-order valence-corrected chi connectivity index (χ0v) is 10.5. The number of amides is 1. The maximum absolute atomic E-state index is 11.9. The van der Waals surface area contributed by atoms with Crippen LogP contribution in [0, 0.1) is 0 Å². The molecular weight excluding hydrogens is 244 g/mol. The first-order valence-electron chi connectivity index (χ1n) is 6.41. The third-order valence-electron chi connectivity index (χ3n) is 3.10. The smallest absolute Gasteiger partial charge is 0.261 e. The number of hydrogen-bond donors (Lipinski definition) is 1. The Morgan fingerprint density at radius 3 is 2.94 bits per heavy atom. The zero-order chi connectivity index (χ0) is 13.4. The van der Waals surface area contributed by atoms with E-state index in [0.717, 1.165) is 25.8 Å². The summed E-state index contributed by atoms with van der Waals surface area (Å²) in [5.74, 6) is -0.0373. The molecule has 0 bridgehead atoms. The number of carbonyl (C=O) groups excluding carboxylic acids is 1. The Balaban J connectivity index is 2.22. The van der Waals surface area contributed by atoms with Gasteiger partial charge in [0.15, 0.2) is 0 Å². The lowest BCUT2D eigenvalue weighted by Crippen LogP contribution is -2.36. The number of aliphatic hydroxyl groups excluding tert-OH is 1. The quantitative estimate of drug-likeness (QED) is 0.675. The molecule has 1 heterocycles. The molecular formula is C12H21F2NO3. The van der Waals surface area contributed by atoms with E-state index in [1.165, 1.54) is 0 Å². The van der Waals surface area contributed by atoms with Crippen molar-refractivity contribution < 1.29 is 23.4 Å². The summed E-state index contributed by atoms with van der Waals surface area (Å²) in [4.78, 5) is 13.7. The van der Waals surface area contributed by atoms with Crippen LogP contribution in [0.15, 0.2) is 0 Å². The van der Waals surface area contributed by atoms with E-state index in [-0.39, 0.29) is 31.6 Å². The molecule has 4 nitrogen and oxygen atoms in total. The van der Waals surface area contributed by atoms with Crippen LogP contribution in [0.4, 0.5) is 8.78 Å². The highest BCUT2D eigenvalue weighted by Crippen LogP contribution is 2.22. The normalized spacial score (nSPS) is 19.8. The maximum atomic E-state index is 11.9. The second-order valence-corrected chi connectivity index (χ2v) is 4.47. The summed E-state index contributed by atoms with van der Waals surface area (Å²) in [7, 11) is 0. The van der Waals surface area contributed by atoms with Crippen LogP contribution in [-0.4, -0.2) is 54.7 Å². The number of nitrogens with zero attached hydrogens (tertiary/aromatic N) is 1. The highest BCUT2D eigenvalue weighted by molar-refractivity contribution is 5.76. The Morgan fingerprint density at radius 2 is 2.28 bits per heavy atom. The Kier molecular flexibility index (Phi) is 7.12. The molecule has 0 aromatic rings. The molecule has 1 rings (SSSR count). The minimum absolute atomic E-state index is 0.0373. The Labute approximate surface area is 106 Å². The van der Waals surface area contributed by atoms with Gasteiger partial charge < -0.3 is 14.7 Å². The molecule has 106 valence electrons. The van der Waals surface area contributed by atoms with Crippen molar-refractivity contribution in [1.29, 1.82) is 0 Å². The lowest BCUT2D eigenvalue weighted by atomic mass is 10.1. The number of ether oxygens (including phenoxy) is 1. The molecule has 1 atom stereocenters. The van der Waals surface area contributed by atoms with E-state index in [9.17, 15) is 13.6 Å². The van der Waals surface area contributed by atoms with Crippen LogP contribution < -0.4 is 0 Å². The molecule has 0 aromatic carbocycles. The minimum atomic E-state index is -2.48. The summed E-state index contributed by atoms with van der Waals surface area (Å²) < 4.78 is 28.3. The number of hydrogen-bond acceptors (Lipinski definition) is 3. The van der Waals surface area contributed by atoms with Gasteiger partial charge in [0.05, 0.1) is 13.0 Å². The predicted molar refractivity (Wildman–Crippen MR) is 62.5 cm³/mol. The fourth-order valence-corrected chi connectivity index (χ4v) is 2.27. The van der Waals surface area contributed by atoms with Crippen molar-refractivity contribution in [2.75, 3.05) is 26.4 Å². The van der Waals surface area contributed by atoms with Gasteiger partial charge in [0.25, 0.3) is 6.43 Å². The summed E-state index contributed by atoms with van der Waals surface area (Å²) in [6.45, 7) is 0.299. The summed E-state index contributed by atoms with van der Waals surface area (Å²) in [6.07, 6.45) is 1.10. The lowest BCUT2D eigenvalue weighted by Gasteiger charge is -2.24. The molecule has 0 saturated carbocycles. The van der Waals surface area contributed by atoms with E-state index in [1.54, 1.807) is 4.90 Å². The molecule has 1 unspecified atom stereocenters. The van der Waals surface area contributed by atoms with Crippen LogP contribution in [0.3, 0.4) is 0 Å². The third-order valence-corrected chi connectivity index (χ3v) is 3.10. The van der Waals surface area contributed by atoms with Crippen molar-refractivity contribution in [1.82, 2.24) is 4.90 Å². The van der Waals surface area contributed by atoms with Gasteiger partial charge >= 0.3 is 0 Å². The first-order valence-corrected chi connectivity index (χ1v) is 6.41. The molecule has 1 N–H and O–H groups in total. The molecule has 1 fully saturated rings. The van der Waals surface area contributed by atoms with E-state index in [2.05, 4.69) is 0 Å². The fraction of sp³-hybridized carbons (Fsp3) is 0.917. The highest BCUT2D eigenvalue weighted by Gasteiger charge is 2.27. The van der Waals surface area contributed by atoms with E-state index in [0.29, 0.717) is 6.42 Å². The van der Waals surface area contributed by atoms with Crippen LogP contribution in [0.1, 0.15) is 32.1 Å². The minimum Gasteiger partial charge on any atom is -0.396 e. The summed E-state index contributed by atoms with van der Waals surface area (Å²) >= 11 is 0. The van der Waals surface area contributed by atoms with Gasteiger partial charge in [0.1, 0.15) is 6.61 Å². The van der Waals surface area contributed by atoms with Crippen LogP contribution in [0.25, 0.3) is 0 Å². The second-order valence-electron chi connectivity index (χ2n) is 4.47. The average molecular weight is 265 g/mol. The summed E-state index contributed by atoms with van der Waals surface area (Å²) in [6, 6.07) is 0.194. The van der Waals surface area contributed by atoms with Crippen molar-refractivity contribution in [3.8, 4) is 0 Å². The van der Waals surface area contributed by atoms with Gasteiger partial charge in [-0.2, -0.15) is 0 Å². The SMILES string of the molecule is O=C(CCOCC(F)F)N1CCCC1CCCO. The van der Waals surface area contributed by atoms with Gasteiger partial charge in [-0.05, 0) is 25.7 Å². The Bertz CT molecular complexity index is 251. The van der Waals surface area contributed by atoms with Crippen molar-refractivity contribution in [3.63, 3.8) is 0 Å². The fourth-order valence-electron chi connectivity index (χ4n) is 2.27. The van der Waals surface area contributed by atoms with Crippen LogP contribution in [0.2, 0.25) is 0 Å². The number of carbonyl (C=O) groups is 1. The van der Waals surface area contributed by atoms with Crippen molar-refractivity contribution >= 4 is 5.91 Å². The van der Waals surface area contributed by atoms with Crippen molar-refractivity contribution in [3.05, 3.63) is 0 Å². The largest absolute Gasteiger partial charge is 0.396 e. The molecule has 1 aliphatic rings. The van der Waals surface area contributed by atoms with Gasteiger partial charge in [0.2, 0.25) is 5.91 Å². The molecule has 1 amide bonds. The van der Waals surface area contributed by atoms with Crippen LogP contribution in [0.5, 0.6) is 0 Å². The standard InChI is InChI=1S/C12H21F2NO3/c13-11(14)9-18-8-5-12(17)15-6-1-3-10(15)4-2-7-16/h10-11,16H,1-9H2. The molecule has 0 aliphatic carbocycles. The first-order chi connectivity index (χ1) is 8.65. The van der Waals surface area contributed by atoms with Crippen molar-refractivity contribution in [2.24, 2.45) is 0 Å². The summed E-state index contributed by atoms with van der Waals surface area (Å²) in [5, 5.41) is 8.78. The van der Waals surface area contributed by atoms with Crippen LogP contribution >= 0.6 is 0 Å². The summed E-state index contributed by atoms with van der Waals surface area (Å²) in [5.41, 5.74) is 0. The topological polar surface area (TPSA) is 49.8 Å². The number of likely N-dealkylation sites (tertiary alicyclic amines) is 1. The highest BCUT2D eigenvalue weighted by atomic mass is 19.3. The van der Waals surface area contributed by atoms with Gasteiger partial charge in [-0.1, -0.05) is 0 Å². The van der Waals surface area contributed by atoms with Gasteiger partial charge in [-0.25, -0.2) is 8.78 Å². The third kappa shape index (κ3) is 5.27. The number of rotatable bonds is 8. The van der Waals surface area contributed by atoms with Crippen molar-refractivity contribution in [2.45, 2.75) is 44.6 Å². The van der Waals surface area contributed by atoms with Gasteiger partial charge in [-0.15, -0.1) is 0 Å². The Morgan fingerprint density at radius 1 is 1.50 bits per heavy atom. The molecule has 6 heteroatoms. The molecule has 1 saturated heterocycles. The predicted octanol–water partition coefficient (Wildman–Crippen LogP) is 1.42. The van der Waals surface area contributed by atoms with E-state index in [4.69, 9.17) is 9.84 Å². The monoisotopic (exact) mass is 265 g/mol. The zero-order valence-electron chi connectivity index (χ0n) is 10.5. The molecule has 0 aromatic heterocycles. The Hall–Kier alpha value is -0.750. The molecule has 18 heavy (non-hydrogen) atoms.